The molecule has 1 aromatic heterocycles. The Morgan fingerprint density at radius 3 is 2.80 bits per heavy atom. The molecular formula is C12H26N6OS. The van der Waals surface area contributed by atoms with Gasteiger partial charge >= 0.3 is 0 Å². The van der Waals surface area contributed by atoms with E-state index in [9.17, 15) is 0 Å². The van der Waals surface area contributed by atoms with E-state index in [2.05, 4.69) is 39.6 Å². The Hall–Kier alpha value is -0.700. The van der Waals surface area contributed by atoms with Crippen LogP contribution in [0, 0.1) is 0 Å². The Morgan fingerprint density at radius 2 is 2.10 bits per heavy atom. The standard InChI is InChI=1S/C12H26N6OS/c1-4-17(5-2)9-11-20-12-14-15-16-18(12)8-6-13-7-10-19-3/h13H,4-11H2,1-3H3. The van der Waals surface area contributed by atoms with Crippen molar-refractivity contribution in [1.29, 1.82) is 0 Å². The average Bonchev–Trinajstić information content (AvgIpc) is 2.91. The van der Waals surface area contributed by atoms with Gasteiger partial charge in [-0.2, -0.15) is 0 Å². The van der Waals surface area contributed by atoms with Crippen molar-refractivity contribution in [2.24, 2.45) is 0 Å². The van der Waals surface area contributed by atoms with E-state index < -0.39 is 0 Å². The zero-order chi connectivity index (χ0) is 14.6. The first-order chi connectivity index (χ1) is 9.81. The van der Waals surface area contributed by atoms with Gasteiger partial charge in [-0.25, -0.2) is 4.68 Å². The number of nitrogens with zero attached hydrogens (tertiary/aromatic N) is 5. The van der Waals surface area contributed by atoms with Gasteiger partial charge in [0.1, 0.15) is 0 Å². The predicted molar refractivity (Wildman–Crippen MR) is 81.1 cm³/mol. The minimum Gasteiger partial charge on any atom is -0.383 e. The van der Waals surface area contributed by atoms with Crippen LogP contribution in [0.4, 0.5) is 0 Å². The largest absolute Gasteiger partial charge is 0.383 e. The third kappa shape index (κ3) is 6.65. The van der Waals surface area contributed by atoms with Crippen molar-refractivity contribution in [3.05, 3.63) is 0 Å². The molecule has 1 heterocycles. The van der Waals surface area contributed by atoms with Crippen molar-refractivity contribution in [2.45, 2.75) is 25.5 Å². The highest BCUT2D eigenvalue weighted by Gasteiger charge is 2.07. The van der Waals surface area contributed by atoms with Gasteiger partial charge in [-0.1, -0.05) is 25.6 Å². The molecule has 0 aliphatic heterocycles. The fourth-order valence-corrected chi connectivity index (χ4v) is 2.63. The molecule has 1 rings (SSSR count). The van der Waals surface area contributed by atoms with Gasteiger partial charge in [0.25, 0.3) is 0 Å². The highest BCUT2D eigenvalue weighted by atomic mass is 32.2. The average molecular weight is 302 g/mol. The summed E-state index contributed by atoms with van der Waals surface area (Å²) in [4.78, 5) is 2.40. The number of nitrogens with one attached hydrogen (secondary N) is 1. The van der Waals surface area contributed by atoms with Crippen LogP contribution in [0.2, 0.25) is 0 Å². The molecule has 0 saturated heterocycles. The lowest BCUT2D eigenvalue weighted by molar-refractivity contribution is 0.199. The van der Waals surface area contributed by atoms with E-state index in [0.29, 0.717) is 0 Å². The van der Waals surface area contributed by atoms with E-state index in [-0.39, 0.29) is 0 Å². The molecule has 1 N–H and O–H groups in total. The Balaban J connectivity index is 2.24. The molecule has 7 nitrogen and oxygen atoms in total. The summed E-state index contributed by atoms with van der Waals surface area (Å²) < 4.78 is 6.84. The van der Waals surface area contributed by atoms with Crippen molar-refractivity contribution >= 4 is 11.8 Å². The van der Waals surface area contributed by atoms with Crippen LogP contribution in [0.1, 0.15) is 13.8 Å². The molecule has 20 heavy (non-hydrogen) atoms. The minimum absolute atomic E-state index is 0.723. The van der Waals surface area contributed by atoms with Gasteiger partial charge in [-0.3, -0.25) is 0 Å². The van der Waals surface area contributed by atoms with Gasteiger partial charge in [0.15, 0.2) is 0 Å². The third-order valence-corrected chi connectivity index (χ3v) is 3.95. The van der Waals surface area contributed by atoms with Crippen LogP contribution in [0.5, 0.6) is 0 Å². The summed E-state index contributed by atoms with van der Waals surface area (Å²) in [5.41, 5.74) is 0. The summed E-state index contributed by atoms with van der Waals surface area (Å²) in [5, 5.41) is 16.0. The van der Waals surface area contributed by atoms with E-state index in [1.165, 1.54) is 0 Å². The first kappa shape index (κ1) is 17.4. The minimum atomic E-state index is 0.723. The fourth-order valence-electron chi connectivity index (χ4n) is 1.73. The Labute approximate surface area is 125 Å². The summed E-state index contributed by atoms with van der Waals surface area (Å²) in [6.45, 7) is 10.8. The second-order valence-electron chi connectivity index (χ2n) is 4.30. The fraction of sp³-hybridized carbons (Fsp3) is 0.917. The lowest BCUT2D eigenvalue weighted by atomic mass is 10.5. The molecule has 0 fully saturated rings. The van der Waals surface area contributed by atoms with Crippen LogP contribution >= 0.6 is 11.8 Å². The van der Waals surface area contributed by atoms with Crippen LogP contribution in [-0.2, 0) is 11.3 Å². The number of hydrogen-bond acceptors (Lipinski definition) is 7. The molecule has 0 amide bonds. The SMILES string of the molecule is CCN(CC)CCSc1nnnn1CCNCCOC. The second kappa shape index (κ2) is 11.0. The van der Waals surface area contributed by atoms with Gasteiger partial charge in [0, 0.05) is 32.5 Å². The lowest BCUT2D eigenvalue weighted by Gasteiger charge is -2.16. The molecule has 8 heteroatoms. The van der Waals surface area contributed by atoms with Crippen LogP contribution < -0.4 is 5.32 Å². The summed E-state index contributed by atoms with van der Waals surface area (Å²) in [5.74, 6) is 1.01. The molecular weight excluding hydrogens is 276 g/mol. The van der Waals surface area contributed by atoms with Gasteiger partial charge in [-0.05, 0) is 23.5 Å². The van der Waals surface area contributed by atoms with E-state index in [0.717, 1.165) is 56.8 Å². The Bertz CT molecular complexity index is 344. The maximum atomic E-state index is 4.98. The van der Waals surface area contributed by atoms with Crippen LogP contribution in [-0.4, -0.2) is 77.3 Å². The van der Waals surface area contributed by atoms with Crippen LogP contribution in [0.25, 0.3) is 0 Å². The quantitative estimate of drug-likeness (QED) is 0.441. The number of rotatable bonds is 12. The topological polar surface area (TPSA) is 68.1 Å². The highest BCUT2D eigenvalue weighted by molar-refractivity contribution is 7.99. The van der Waals surface area contributed by atoms with Crippen molar-refractivity contribution in [3.63, 3.8) is 0 Å². The van der Waals surface area contributed by atoms with Crippen molar-refractivity contribution in [3.8, 4) is 0 Å². The highest BCUT2D eigenvalue weighted by Crippen LogP contribution is 2.13. The van der Waals surface area contributed by atoms with E-state index >= 15 is 0 Å². The molecule has 0 saturated carbocycles. The molecule has 0 radical (unpaired) electrons. The Kier molecular flexibility index (Phi) is 9.56. The van der Waals surface area contributed by atoms with Crippen LogP contribution in [0.3, 0.4) is 0 Å². The third-order valence-electron chi connectivity index (χ3n) is 3.02. The maximum Gasteiger partial charge on any atom is 0.209 e. The summed E-state index contributed by atoms with van der Waals surface area (Å²) in [6.07, 6.45) is 0. The number of tetrazole rings is 1. The molecule has 0 aromatic carbocycles. The van der Waals surface area contributed by atoms with Gasteiger partial charge < -0.3 is 15.0 Å². The first-order valence-corrected chi connectivity index (χ1v) is 8.11. The van der Waals surface area contributed by atoms with Crippen molar-refractivity contribution in [1.82, 2.24) is 30.4 Å². The van der Waals surface area contributed by atoms with Crippen molar-refractivity contribution in [2.75, 3.05) is 52.2 Å². The monoisotopic (exact) mass is 302 g/mol. The zero-order valence-corrected chi connectivity index (χ0v) is 13.5. The number of aromatic nitrogens is 4. The molecule has 0 unspecified atom stereocenters. The first-order valence-electron chi connectivity index (χ1n) is 7.12. The molecule has 0 aliphatic carbocycles. The van der Waals surface area contributed by atoms with Crippen molar-refractivity contribution < 1.29 is 4.74 Å². The predicted octanol–water partition coefficient (Wildman–Crippen LogP) is 0.343. The smallest absolute Gasteiger partial charge is 0.209 e. The number of methoxy groups -OCH3 is 1. The molecule has 0 aliphatic rings. The molecule has 0 spiro atoms. The summed E-state index contributed by atoms with van der Waals surface area (Å²) in [6, 6.07) is 0. The van der Waals surface area contributed by atoms with E-state index in [4.69, 9.17) is 4.74 Å². The van der Waals surface area contributed by atoms with Gasteiger partial charge in [0.2, 0.25) is 5.16 Å². The number of hydrogen-bond donors (Lipinski definition) is 1. The Morgan fingerprint density at radius 1 is 1.30 bits per heavy atom. The van der Waals surface area contributed by atoms with Crippen LogP contribution in [0.15, 0.2) is 5.16 Å². The lowest BCUT2D eigenvalue weighted by Crippen LogP contribution is -2.26. The number of ether oxygens (including phenoxy) is 1. The normalized spacial score (nSPS) is 11.4. The van der Waals surface area contributed by atoms with E-state index in [1.54, 1.807) is 18.9 Å². The maximum absolute atomic E-state index is 4.98. The second-order valence-corrected chi connectivity index (χ2v) is 5.36. The van der Waals surface area contributed by atoms with Gasteiger partial charge in [-0.15, -0.1) is 5.10 Å². The summed E-state index contributed by atoms with van der Waals surface area (Å²) in [7, 11) is 1.70. The zero-order valence-electron chi connectivity index (χ0n) is 12.7. The summed E-state index contributed by atoms with van der Waals surface area (Å²) >= 11 is 1.71. The van der Waals surface area contributed by atoms with Gasteiger partial charge in [0.05, 0.1) is 13.2 Å². The molecule has 116 valence electrons. The number of thioether (sulfide) groups is 1. The van der Waals surface area contributed by atoms with E-state index in [1.807, 2.05) is 4.68 Å². The molecule has 0 atom stereocenters. The molecule has 0 bridgehead atoms. The molecule has 1 aromatic rings.